The molecule has 0 radical (unpaired) electrons. The van der Waals surface area contributed by atoms with Gasteiger partial charge in [-0.3, -0.25) is 0 Å². The summed E-state index contributed by atoms with van der Waals surface area (Å²) >= 11 is 1.98. The normalized spacial score (nSPS) is 10.3. The summed E-state index contributed by atoms with van der Waals surface area (Å²) in [5.41, 5.74) is 5.94. The zero-order chi connectivity index (χ0) is 17.0. The highest BCUT2D eigenvalue weighted by Gasteiger charge is 2.19. The van der Waals surface area contributed by atoms with E-state index in [2.05, 4.69) is 11.9 Å². The van der Waals surface area contributed by atoms with Crippen LogP contribution in [-0.4, -0.2) is 13.7 Å². The first-order valence-corrected chi connectivity index (χ1v) is 7.67. The highest BCUT2D eigenvalue weighted by Crippen LogP contribution is 2.40. The third-order valence-electron chi connectivity index (χ3n) is 3.00. The van der Waals surface area contributed by atoms with Crippen LogP contribution in [0.2, 0.25) is 0 Å². The van der Waals surface area contributed by atoms with Crippen molar-refractivity contribution in [1.82, 2.24) is 0 Å². The van der Waals surface area contributed by atoms with Crippen LogP contribution in [0.25, 0.3) is 0 Å². The summed E-state index contributed by atoms with van der Waals surface area (Å²) in [5, 5.41) is 2.66. The Morgan fingerprint density at radius 1 is 1.30 bits per heavy atom. The van der Waals surface area contributed by atoms with Crippen molar-refractivity contribution in [3.63, 3.8) is 0 Å². The molecule has 0 aromatic heterocycles. The molecule has 0 unspecified atom stereocenters. The quantitative estimate of drug-likeness (QED) is 0.402. The topological polar surface area (TPSA) is 56.5 Å². The molecule has 2 rings (SSSR count). The van der Waals surface area contributed by atoms with Crippen molar-refractivity contribution in [3.8, 4) is 11.5 Å². The van der Waals surface area contributed by atoms with Gasteiger partial charge in [-0.1, -0.05) is 12.7 Å². The molecule has 2 aromatic rings. The number of methoxy groups -OCH3 is 1. The SMILES string of the molecule is C=CCOc1cc(OC)c(F)c(Nc2ccc(I)cc2F)c1N. The Bertz CT molecular complexity index is 739. The molecule has 23 heavy (non-hydrogen) atoms. The van der Waals surface area contributed by atoms with Gasteiger partial charge in [0.2, 0.25) is 0 Å². The Balaban J connectivity index is 2.48. The first kappa shape index (κ1) is 17.3. The third-order valence-corrected chi connectivity index (χ3v) is 3.67. The first-order valence-electron chi connectivity index (χ1n) is 6.59. The number of rotatable bonds is 6. The average molecular weight is 432 g/mol. The molecule has 3 N–H and O–H groups in total. The zero-order valence-electron chi connectivity index (χ0n) is 12.3. The van der Waals surface area contributed by atoms with E-state index in [1.165, 1.54) is 31.4 Å². The average Bonchev–Trinajstić information content (AvgIpc) is 2.52. The van der Waals surface area contributed by atoms with Crippen LogP contribution in [-0.2, 0) is 0 Å². The minimum absolute atomic E-state index is 0.0168. The highest BCUT2D eigenvalue weighted by atomic mass is 127. The van der Waals surface area contributed by atoms with Crippen LogP contribution in [0, 0.1) is 15.2 Å². The van der Waals surface area contributed by atoms with Crippen LogP contribution in [0.15, 0.2) is 36.9 Å². The van der Waals surface area contributed by atoms with E-state index in [1.807, 2.05) is 22.6 Å². The monoisotopic (exact) mass is 432 g/mol. The molecule has 0 amide bonds. The Labute approximate surface area is 146 Å². The molecule has 0 saturated heterocycles. The Hall–Kier alpha value is -2.03. The summed E-state index contributed by atoms with van der Waals surface area (Å²) < 4.78 is 39.5. The van der Waals surface area contributed by atoms with E-state index in [1.54, 1.807) is 6.07 Å². The zero-order valence-corrected chi connectivity index (χ0v) is 14.5. The van der Waals surface area contributed by atoms with Gasteiger partial charge in [0.15, 0.2) is 11.6 Å². The van der Waals surface area contributed by atoms with Crippen molar-refractivity contribution in [2.24, 2.45) is 0 Å². The molecule has 0 spiro atoms. The van der Waals surface area contributed by atoms with Crippen LogP contribution in [0.3, 0.4) is 0 Å². The summed E-state index contributed by atoms with van der Waals surface area (Å²) in [5.74, 6) is -1.09. The molecular weight excluding hydrogens is 417 g/mol. The maximum Gasteiger partial charge on any atom is 0.190 e. The molecule has 0 aliphatic heterocycles. The number of nitrogens with two attached hydrogens (primary N) is 1. The number of nitrogens with one attached hydrogen (secondary N) is 1. The number of nitrogen functional groups attached to an aromatic ring is 1. The predicted molar refractivity (Wildman–Crippen MR) is 95.5 cm³/mol. The maximum absolute atomic E-state index is 14.5. The number of hydrogen-bond acceptors (Lipinski definition) is 4. The molecule has 122 valence electrons. The fourth-order valence-corrected chi connectivity index (χ4v) is 2.34. The fraction of sp³-hybridized carbons (Fsp3) is 0.125. The van der Waals surface area contributed by atoms with Gasteiger partial charge >= 0.3 is 0 Å². The van der Waals surface area contributed by atoms with Crippen molar-refractivity contribution in [2.45, 2.75) is 0 Å². The van der Waals surface area contributed by atoms with E-state index in [0.29, 0.717) is 0 Å². The Morgan fingerprint density at radius 2 is 2.04 bits per heavy atom. The Morgan fingerprint density at radius 3 is 2.65 bits per heavy atom. The van der Waals surface area contributed by atoms with Crippen molar-refractivity contribution < 1.29 is 18.3 Å². The van der Waals surface area contributed by atoms with Crippen molar-refractivity contribution in [3.05, 3.63) is 52.1 Å². The molecule has 0 heterocycles. The minimum atomic E-state index is -0.728. The van der Waals surface area contributed by atoms with Gasteiger partial charge in [-0.25, -0.2) is 8.78 Å². The van der Waals surface area contributed by atoms with E-state index in [9.17, 15) is 8.78 Å². The number of anilines is 3. The number of benzene rings is 2. The van der Waals surface area contributed by atoms with Gasteiger partial charge in [0.1, 0.15) is 29.5 Å². The largest absolute Gasteiger partial charge is 0.493 e. The van der Waals surface area contributed by atoms with Crippen LogP contribution in [0.1, 0.15) is 0 Å². The van der Waals surface area contributed by atoms with Crippen LogP contribution >= 0.6 is 22.6 Å². The van der Waals surface area contributed by atoms with Gasteiger partial charge in [-0.05, 0) is 40.8 Å². The minimum Gasteiger partial charge on any atom is -0.493 e. The van der Waals surface area contributed by atoms with Gasteiger partial charge in [-0.2, -0.15) is 0 Å². The van der Waals surface area contributed by atoms with Crippen LogP contribution < -0.4 is 20.5 Å². The van der Waals surface area contributed by atoms with E-state index in [4.69, 9.17) is 15.2 Å². The van der Waals surface area contributed by atoms with Gasteiger partial charge < -0.3 is 20.5 Å². The van der Waals surface area contributed by atoms with Gasteiger partial charge in [0, 0.05) is 9.64 Å². The molecule has 0 atom stereocenters. The summed E-state index contributed by atoms with van der Waals surface area (Å²) in [7, 11) is 1.32. The highest BCUT2D eigenvalue weighted by molar-refractivity contribution is 14.1. The van der Waals surface area contributed by atoms with Gasteiger partial charge in [0.25, 0.3) is 0 Å². The molecule has 0 aliphatic rings. The lowest BCUT2D eigenvalue weighted by Crippen LogP contribution is -2.06. The van der Waals surface area contributed by atoms with Crippen LogP contribution in [0.4, 0.5) is 25.8 Å². The summed E-state index contributed by atoms with van der Waals surface area (Å²) in [6.45, 7) is 3.73. The van der Waals surface area contributed by atoms with Gasteiger partial charge in [-0.15, -0.1) is 0 Å². The summed E-state index contributed by atoms with van der Waals surface area (Å²) in [6.07, 6.45) is 1.53. The maximum atomic E-state index is 14.5. The number of ether oxygens (including phenoxy) is 2. The molecule has 7 heteroatoms. The Kier molecular flexibility index (Phi) is 5.64. The van der Waals surface area contributed by atoms with Crippen molar-refractivity contribution in [2.75, 3.05) is 24.8 Å². The first-order chi connectivity index (χ1) is 11.0. The number of hydrogen-bond donors (Lipinski definition) is 2. The second kappa shape index (κ2) is 7.49. The lowest BCUT2D eigenvalue weighted by Gasteiger charge is -2.17. The summed E-state index contributed by atoms with van der Waals surface area (Å²) in [6, 6.07) is 5.85. The molecule has 0 fully saturated rings. The second-order valence-corrected chi connectivity index (χ2v) is 5.77. The lowest BCUT2D eigenvalue weighted by molar-refractivity contribution is 0.353. The third kappa shape index (κ3) is 3.84. The summed E-state index contributed by atoms with van der Waals surface area (Å²) in [4.78, 5) is 0. The predicted octanol–water partition coefficient (Wildman–Crippen LogP) is 4.47. The van der Waals surface area contributed by atoms with Crippen molar-refractivity contribution in [1.29, 1.82) is 0 Å². The van der Waals surface area contributed by atoms with Crippen molar-refractivity contribution >= 4 is 39.7 Å². The molecule has 2 aromatic carbocycles. The molecule has 4 nitrogen and oxygen atoms in total. The molecular formula is C16H15F2IN2O2. The van der Waals surface area contributed by atoms with E-state index in [0.717, 1.165) is 3.57 Å². The van der Waals surface area contributed by atoms with Gasteiger partial charge in [0.05, 0.1) is 12.8 Å². The fourth-order valence-electron chi connectivity index (χ4n) is 1.89. The second-order valence-electron chi connectivity index (χ2n) is 4.53. The van der Waals surface area contributed by atoms with E-state index >= 15 is 0 Å². The molecule has 0 saturated carbocycles. The van der Waals surface area contributed by atoms with E-state index in [-0.39, 0.29) is 35.2 Å². The smallest absolute Gasteiger partial charge is 0.190 e. The van der Waals surface area contributed by atoms with E-state index < -0.39 is 11.6 Å². The van der Waals surface area contributed by atoms with Crippen LogP contribution in [0.5, 0.6) is 11.5 Å². The molecule has 0 aliphatic carbocycles. The number of halogens is 3. The molecule has 0 bridgehead atoms. The standard InChI is InChI=1S/C16H15F2IN2O2/c1-3-6-23-13-8-12(22-2)14(18)16(15(13)20)21-11-5-4-9(19)7-10(11)17/h3-5,7-8,21H,1,6,20H2,2H3. The lowest BCUT2D eigenvalue weighted by atomic mass is 10.2.